The quantitative estimate of drug-likeness (QED) is 0.660. The molecule has 1 aromatic rings. The van der Waals surface area contributed by atoms with Crippen LogP contribution in [0.5, 0.6) is 0 Å². The molecule has 0 saturated carbocycles. The van der Waals surface area contributed by atoms with Crippen molar-refractivity contribution in [3.8, 4) is 0 Å². The summed E-state index contributed by atoms with van der Waals surface area (Å²) < 4.78 is 0. The van der Waals surface area contributed by atoms with Gasteiger partial charge in [0.05, 0.1) is 0 Å². The Morgan fingerprint density at radius 3 is 2.37 bits per heavy atom. The first-order chi connectivity index (χ1) is 12.7. The van der Waals surface area contributed by atoms with E-state index in [2.05, 4.69) is 16.0 Å². The minimum Gasteiger partial charge on any atom is -0.335 e. The molecular weight excluding hydrogens is 348 g/mol. The zero-order valence-corrected chi connectivity index (χ0v) is 16.1. The van der Waals surface area contributed by atoms with Crippen LogP contribution in [-0.4, -0.2) is 41.4 Å². The van der Waals surface area contributed by atoms with Gasteiger partial charge in [-0.25, -0.2) is 9.59 Å². The molecule has 1 fully saturated rings. The molecule has 2 atom stereocenters. The number of hydrogen-bond acceptors (Lipinski definition) is 4. The number of nitrogens with one attached hydrogen (secondary N) is 3. The Labute approximate surface area is 158 Å². The van der Waals surface area contributed by atoms with Crippen LogP contribution in [0.4, 0.5) is 9.59 Å². The van der Waals surface area contributed by atoms with E-state index >= 15 is 0 Å². The van der Waals surface area contributed by atoms with Crippen LogP contribution in [0.3, 0.4) is 0 Å². The lowest BCUT2D eigenvalue weighted by molar-refractivity contribution is -0.135. The van der Waals surface area contributed by atoms with Crippen molar-refractivity contribution in [1.82, 2.24) is 20.9 Å². The van der Waals surface area contributed by atoms with Crippen molar-refractivity contribution < 1.29 is 19.2 Å². The molecule has 1 aromatic carbocycles. The van der Waals surface area contributed by atoms with Crippen LogP contribution < -0.4 is 16.0 Å². The average molecular weight is 374 g/mol. The molecule has 6 amide bonds. The molecule has 8 nitrogen and oxygen atoms in total. The van der Waals surface area contributed by atoms with Gasteiger partial charge in [0.15, 0.2) is 0 Å². The monoisotopic (exact) mass is 374 g/mol. The van der Waals surface area contributed by atoms with Crippen LogP contribution in [-0.2, 0) is 15.1 Å². The second-order valence-corrected chi connectivity index (χ2v) is 6.78. The van der Waals surface area contributed by atoms with E-state index in [1.165, 1.54) is 0 Å². The van der Waals surface area contributed by atoms with Gasteiger partial charge < -0.3 is 10.6 Å². The fourth-order valence-corrected chi connectivity index (χ4v) is 2.92. The number of carbonyl (C=O) groups is 4. The maximum atomic E-state index is 13.0. The van der Waals surface area contributed by atoms with E-state index in [-0.39, 0.29) is 6.04 Å². The molecule has 1 aliphatic heterocycles. The molecule has 3 N–H and O–H groups in total. The first kappa shape index (κ1) is 20.4. The molecule has 0 unspecified atom stereocenters. The predicted molar refractivity (Wildman–Crippen MR) is 99.8 cm³/mol. The maximum absolute atomic E-state index is 13.0. The van der Waals surface area contributed by atoms with E-state index < -0.39 is 36.0 Å². The lowest BCUT2D eigenvalue weighted by atomic mass is 9.87. The molecule has 0 aromatic heterocycles. The second kappa shape index (κ2) is 8.20. The van der Waals surface area contributed by atoms with Crippen molar-refractivity contribution in [2.24, 2.45) is 0 Å². The number of carbonyl (C=O) groups excluding carboxylic acids is 4. The van der Waals surface area contributed by atoms with Crippen molar-refractivity contribution >= 4 is 23.9 Å². The number of urea groups is 2. The van der Waals surface area contributed by atoms with E-state index in [1.807, 2.05) is 26.0 Å². The zero-order valence-electron chi connectivity index (χ0n) is 16.1. The van der Waals surface area contributed by atoms with E-state index in [1.54, 1.807) is 26.0 Å². The molecule has 0 bridgehead atoms. The molecule has 1 aliphatic rings. The van der Waals surface area contributed by atoms with Gasteiger partial charge in [0, 0.05) is 6.04 Å². The van der Waals surface area contributed by atoms with Crippen LogP contribution >= 0.6 is 0 Å². The fourth-order valence-electron chi connectivity index (χ4n) is 2.92. The summed E-state index contributed by atoms with van der Waals surface area (Å²) in [7, 11) is 0. The summed E-state index contributed by atoms with van der Waals surface area (Å²) in [6, 6.07) is 5.91. The topological polar surface area (TPSA) is 108 Å². The number of aryl methyl sites for hydroxylation is 1. The van der Waals surface area contributed by atoms with Crippen molar-refractivity contribution in [3.63, 3.8) is 0 Å². The van der Waals surface area contributed by atoms with Gasteiger partial charge in [-0.1, -0.05) is 43.7 Å². The van der Waals surface area contributed by atoms with Crippen molar-refractivity contribution in [3.05, 3.63) is 35.4 Å². The third-order valence-corrected chi connectivity index (χ3v) is 4.79. The average Bonchev–Trinajstić information content (AvgIpc) is 2.87. The molecule has 146 valence electrons. The molecule has 2 rings (SSSR count). The first-order valence-corrected chi connectivity index (χ1v) is 9.05. The van der Waals surface area contributed by atoms with Gasteiger partial charge in [-0.15, -0.1) is 0 Å². The third-order valence-electron chi connectivity index (χ3n) is 4.79. The Bertz CT molecular complexity index is 747. The van der Waals surface area contributed by atoms with Crippen LogP contribution in [0.15, 0.2) is 24.3 Å². The summed E-state index contributed by atoms with van der Waals surface area (Å²) in [6.45, 7) is 6.90. The minimum absolute atomic E-state index is 0.0937. The smallest absolute Gasteiger partial charge is 0.325 e. The number of amides is 6. The summed E-state index contributed by atoms with van der Waals surface area (Å²) in [4.78, 5) is 50.0. The number of rotatable bonds is 6. The number of imide groups is 2. The normalized spacial score (nSPS) is 20.2. The van der Waals surface area contributed by atoms with Gasteiger partial charge in [-0.2, -0.15) is 0 Å². The summed E-state index contributed by atoms with van der Waals surface area (Å²) in [6.07, 6.45) is 1.05. The molecule has 0 radical (unpaired) electrons. The number of hydrogen-bond donors (Lipinski definition) is 3. The van der Waals surface area contributed by atoms with Crippen LogP contribution in [0.25, 0.3) is 0 Å². The Morgan fingerprint density at radius 1 is 1.19 bits per heavy atom. The summed E-state index contributed by atoms with van der Waals surface area (Å²) in [5.74, 6) is -1.23. The largest absolute Gasteiger partial charge is 0.335 e. The fraction of sp³-hybridized carbons (Fsp3) is 0.474. The number of nitrogens with zero attached hydrogens (tertiary/aromatic N) is 1. The van der Waals surface area contributed by atoms with Gasteiger partial charge in [0.1, 0.15) is 12.1 Å². The van der Waals surface area contributed by atoms with Crippen molar-refractivity contribution in [1.29, 1.82) is 0 Å². The van der Waals surface area contributed by atoms with E-state index in [4.69, 9.17) is 0 Å². The van der Waals surface area contributed by atoms with Gasteiger partial charge in [0.25, 0.3) is 5.91 Å². The van der Waals surface area contributed by atoms with Crippen LogP contribution in [0, 0.1) is 6.92 Å². The molecule has 8 heteroatoms. The Kier molecular flexibility index (Phi) is 6.20. The summed E-state index contributed by atoms with van der Waals surface area (Å²) >= 11 is 0. The lowest BCUT2D eigenvalue weighted by Crippen LogP contribution is -2.48. The number of benzene rings is 1. The van der Waals surface area contributed by atoms with Crippen LogP contribution in [0.1, 0.15) is 44.7 Å². The Balaban J connectivity index is 2.11. The standard InChI is InChI=1S/C19H26N4O4/c1-5-13(4)20-17(26)21-15(24)11-23-16(25)19(6-2,22-18(23)27)14-9-7-12(3)8-10-14/h7-10,13H,5-6,11H2,1-4H3,(H,22,27)(H2,20,21,24,26)/t13-,19-/m1/s1. The van der Waals surface area contributed by atoms with Gasteiger partial charge in [-0.05, 0) is 32.3 Å². The third kappa shape index (κ3) is 4.27. The SMILES string of the molecule is CC[C@@H](C)NC(=O)NC(=O)CN1C(=O)N[C@](CC)(c2ccc(C)cc2)C1=O. The van der Waals surface area contributed by atoms with Crippen molar-refractivity contribution in [2.75, 3.05) is 6.54 Å². The lowest BCUT2D eigenvalue weighted by Gasteiger charge is -2.25. The predicted octanol–water partition coefficient (Wildman–Crippen LogP) is 1.78. The molecular formula is C19H26N4O4. The highest BCUT2D eigenvalue weighted by molar-refractivity contribution is 6.10. The van der Waals surface area contributed by atoms with E-state index in [0.717, 1.165) is 10.5 Å². The Hall–Kier alpha value is -2.90. The van der Waals surface area contributed by atoms with E-state index in [9.17, 15) is 19.2 Å². The summed E-state index contributed by atoms with van der Waals surface area (Å²) in [5, 5.41) is 7.44. The molecule has 27 heavy (non-hydrogen) atoms. The molecule has 0 aliphatic carbocycles. The first-order valence-electron chi connectivity index (χ1n) is 9.05. The molecule has 1 saturated heterocycles. The highest BCUT2D eigenvalue weighted by atomic mass is 16.2. The highest BCUT2D eigenvalue weighted by Crippen LogP contribution is 2.32. The zero-order chi connectivity index (χ0) is 20.2. The maximum Gasteiger partial charge on any atom is 0.325 e. The molecule has 0 spiro atoms. The van der Waals surface area contributed by atoms with E-state index in [0.29, 0.717) is 18.4 Å². The van der Waals surface area contributed by atoms with Crippen molar-refractivity contribution in [2.45, 2.75) is 52.1 Å². The van der Waals surface area contributed by atoms with Gasteiger partial charge in [-0.3, -0.25) is 19.8 Å². The van der Waals surface area contributed by atoms with Gasteiger partial charge in [0.2, 0.25) is 5.91 Å². The van der Waals surface area contributed by atoms with Gasteiger partial charge >= 0.3 is 12.1 Å². The molecule has 1 heterocycles. The minimum atomic E-state index is -1.20. The second-order valence-electron chi connectivity index (χ2n) is 6.78. The van der Waals surface area contributed by atoms with Crippen LogP contribution in [0.2, 0.25) is 0 Å². The summed E-state index contributed by atoms with van der Waals surface area (Å²) in [5.41, 5.74) is 0.487. The highest BCUT2D eigenvalue weighted by Gasteiger charge is 2.51. The Morgan fingerprint density at radius 2 is 1.81 bits per heavy atom.